The van der Waals surface area contributed by atoms with Crippen LogP contribution in [-0.4, -0.2) is 40.2 Å². The van der Waals surface area contributed by atoms with Gasteiger partial charge in [0.1, 0.15) is 11.5 Å². The van der Waals surface area contributed by atoms with E-state index in [1.807, 2.05) is 0 Å². The molecule has 0 aromatic heterocycles. The number of amides is 2. The Hall–Kier alpha value is -2.78. The average Bonchev–Trinajstić information content (AvgIpc) is 2.89. The Labute approximate surface area is 173 Å². The number of hydrogen-bond acceptors (Lipinski definition) is 6. The fourth-order valence-corrected chi connectivity index (χ4v) is 5.06. The molecule has 1 saturated heterocycles. The Morgan fingerprint density at radius 2 is 1.90 bits per heavy atom. The Morgan fingerprint density at radius 3 is 2.48 bits per heavy atom. The Bertz CT molecular complexity index is 1090. The minimum absolute atomic E-state index is 0.0477. The molecule has 2 aromatic rings. The van der Waals surface area contributed by atoms with Gasteiger partial charge < -0.3 is 14.8 Å². The van der Waals surface area contributed by atoms with Crippen molar-refractivity contribution in [2.75, 3.05) is 29.6 Å². The number of anilines is 2. The molecular formula is C19H19ClN2O6S. The summed E-state index contributed by atoms with van der Waals surface area (Å²) in [5.74, 6) is -1.18. The predicted octanol–water partition coefficient (Wildman–Crippen LogP) is 2.92. The summed E-state index contributed by atoms with van der Waals surface area (Å²) in [5.41, 5.74) is 0.440. The number of carbonyl (C=O) groups excluding carboxylic acids is 2. The normalized spacial score (nSPS) is 17.9. The lowest BCUT2D eigenvalue weighted by atomic mass is 10.1. The van der Waals surface area contributed by atoms with E-state index in [-0.39, 0.29) is 22.0 Å². The lowest BCUT2D eigenvalue weighted by Gasteiger charge is -2.18. The summed E-state index contributed by atoms with van der Waals surface area (Å²) in [4.78, 5) is 25.1. The maximum Gasteiger partial charge on any atom is 0.255 e. The summed E-state index contributed by atoms with van der Waals surface area (Å²) in [6.45, 7) is 1.53. The van der Waals surface area contributed by atoms with Gasteiger partial charge in [-0.25, -0.2) is 12.7 Å². The van der Waals surface area contributed by atoms with Crippen LogP contribution in [0.3, 0.4) is 0 Å². The SMILES string of the molecule is COc1ccc(OC)c(NC(=O)c2ccc(Cl)c(N3C(=O)C(C)CS3(=O)=O)c2)c1. The van der Waals surface area contributed by atoms with E-state index >= 15 is 0 Å². The Kier molecular flexibility index (Phi) is 5.72. The molecule has 1 atom stereocenters. The van der Waals surface area contributed by atoms with Gasteiger partial charge in [0.25, 0.3) is 5.91 Å². The van der Waals surface area contributed by atoms with Gasteiger partial charge in [0.05, 0.1) is 42.3 Å². The topological polar surface area (TPSA) is 102 Å². The van der Waals surface area contributed by atoms with Gasteiger partial charge in [-0.1, -0.05) is 18.5 Å². The predicted molar refractivity (Wildman–Crippen MR) is 109 cm³/mol. The van der Waals surface area contributed by atoms with Crippen LogP contribution in [-0.2, 0) is 14.8 Å². The molecule has 2 amide bonds. The van der Waals surface area contributed by atoms with Gasteiger partial charge in [0.15, 0.2) is 0 Å². The number of hydrogen-bond donors (Lipinski definition) is 1. The van der Waals surface area contributed by atoms with Gasteiger partial charge in [-0.3, -0.25) is 9.59 Å². The zero-order chi connectivity index (χ0) is 21.3. The number of nitrogens with zero attached hydrogens (tertiary/aromatic N) is 1. The van der Waals surface area contributed by atoms with Crippen molar-refractivity contribution in [2.24, 2.45) is 5.92 Å². The van der Waals surface area contributed by atoms with Gasteiger partial charge in [-0.2, -0.15) is 0 Å². The van der Waals surface area contributed by atoms with E-state index in [9.17, 15) is 18.0 Å². The molecule has 0 radical (unpaired) electrons. The third kappa shape index (κ3) is 4.01. The van der Waals surface area contributed by atoms with Crippen LogP contribution >= 0.6 is 11.6 Å². The highest BCUT2D eigenvalue weighted by Crippen LogP contribution is 2.35. The second kappa shape index (κ2) is 7.92. The maximum atomic E-state index is 12.8. The molecule has 0 saturated carbocycles. The number of benzene rings is 2. The van der Waals surface area contributed by atoms with Crippen molar-refractivity contribution < 1.29 is 27.5 Å². The summed E-state index contributed by atoms with van der Waals surface area (Å²) in [6, 6.07) is 8.99. The van der Waals surface area contributed by atoms with Crippen molar-refractivity contribution >= 4 is 44.8 Å². The summed E-state index contributed by atoms with van der Waals surface area (Å²) in [5, 5.41) is 2.74. The highest BCUT2D eigenvalue weighted by atomic mass is 35.5. The zero-order valence-electron chi connectivity index (χ0n) is 15.9. The average molecular weight is 439 g/mol. The molecule has 1 unspecified atom stereocenters. The van der Waals surface area contributed by atoms with Crippen molar-refractivity contribution in [3.8, 4) is 11.5 Å². The van der Waals surface area contributed by atoms with Crippen LogP contribution < -0.4 is 19.1 Å². The number of nitrogens with one attached hydrogen (secondary N) is 1. The number of rotatable bonds is 5. The molecule has 0 bridgehead atoms. The Balaban J connectivity index is 1.96. The molecule has 1 aliphatic rings. The summed E-state index contributed by atoms with van der Waals surface area (Å²) in [7, 11) is -0.896. The van der Waals surface area contributed by atoms with Crippen molar-refractivity contribution in [3.05, 3.63) is 47.0 Å². The lowest BCUT2D eigenvalue weighted by molar-refractivity contribution is -0.119. The highest BCUT2D eigenvalue weighted by Gasteiger charge is 2.43. The molecule has 3 rings (SSSR count). The summed E-state index contributed by atoms with van der Waals surface area (Å²) >= 11 is 6.14. The van der Waals surface area contributed by atoms with E-state index in [1.54, 1.807) is 18.2 Å². The van der Waals surface area contributed by atoms with Crippen LogP contribution in [0.15, 0.2) is 36.4 Å². The van der Waals surface area contributed by atoms with Crippen molar-refractivity contribution in [3.63, 3.8) is 0 Å². The first-order valence-electron chi connectivity index (χ1n) is 8.57. The molecule has 154 valence electrons. The fraction of sp³-hybridized carbons (Fsp3) is 0.263. The van der Waals surface area contributed by atoms with Crippen LogP contribution in [0.25, 0.3) is 0 Å². The van der Waals surface area contributed by atoms with Gasteiger partial charge >= 0.3 is 0 Å². The van der Waals surface area contributed by atoms with E-state index in [0.29, 0.717) is 21.5 Å². The molecule has 1 N–H and O–H groups in total. The van der Waals surface area contributed by atoms with Gasteiger partial charge in [-0.15, -0.1) is 0 Å². The third-order valence-electron chi connectivity index (χ3n) is 4.44. The highest BCUT2D eigenvalue weighted by molar-refractivity contribution is 7.94. The second-order valence-electron chi connectivity index (χ2n) is 6.47. The Morgan fingerprint density at radius 1 is 1.17 bits per heavy atom. The van der Waals surface area contributed by atoms with E-state index in [0.717, 1.165) is 0 Å². The first-order valence-corrected chi connectivity index (χ1v) is 10.6. The van der Waals surface area contributed by atoms with E-state index in [1.165, 1.54) is 39.3 Å². The first-order chi connectivity index (χ1) is 13.7. The molecule has 0 spiro atoms. The molecule has 29 heavy (non-hydrogen) atoms. The first kappa shape index (κ1) is 20.9. The maximum absolute atomic E-state index is 12.8. The molecule has 10 heteroatoms. The summed E-state index contributed by atoms with van der Waals surface area (Å²) < 4.78 is 35.8. The second-order valence-corrected chi connectivity index (χ2v) is 8.74. The van der Waals surface area contributed by atoms with Crippen LogP contribution in [0.2, 0.25) is 5.02 Å². The van der Waals surface area contributed by atoms with E-state index < -0.39 is 27.8 Å². The number of methoxy groups -OCH3 is 2. The molecule has 0 aliphatic carbocycles. The molecule has 1 aliphatic heterocycles. The molecule has 1 fully saturated rings. The quantitative estimate of drug-likeness (QED) is 0.770. The van der Waals surface area contributed by atoms with Crippen LogP contribution in [0, 0.1) is 5.92 Å². The van der Waals surface area contributed by atoms with E-state index in [4.69, 9.17) is 21.1 Å². The number of halogens is 1. The summed E-state index contributed by atoms with van der Waals surface area (Å²) in [6.07, 6.45) is 0. The van der Waals surface area contributed by atoms with Gasteiger partial charge in [-0.05, 0) is 30.3 Å². The molecule has 2 aromatic carbocycles. The standard InChI is InChI=1S/C19H19ClN2O6S/c1-11-10-29(25,26)22(19(11)24)16-8-12(4-6-14(16)20)18(23)21-15-9-13(27-2)5-7-17(15)28-3/h4-9,11H,10H2,1-3H3,(H,21,23). The number of ether oxygens (including phenoxy) is 2. The minimum atomic E-state index is -3.85. The number of carbonyl (C=O) groups is 2. The largest absolute Gasteiger partial charge is 0.497 e. The van der Waals surface area contributed by atoms with Gasteiger partial charge in [0, 0.05) is 11.6 Å². The van der Waals surface area contributed by atoms with Gasteiger partial charge in [0.2, 0.25) is 15.9 Å². The minimum Gasteiger partial charge on any atom is -0.497 e. The molecule has 1 heterocycles. The van der Waals surface area contributed by atoms with Crippen molar-refractivity contribution in [1.82, 2.24) is 0 Å². The molecule has 8 nitrogen and oxygen atoms in total. The molecular weight excluding hydrogens is 420 g/mol. The third-order valence-corrected chi connectivity index (χ3v) is 6.62. The van der Waals surface area contributed by atoms with Crippen LogP contribution in [0.5, 0.6) is 11.5 Å². The smallest absolute Gasteiger partial charge is 0.255 e. The lowest BCUT2D eigenvalue weighted by Crippen LogP contribution is -2.30. The van der Waals surface area contributed by atoms with E-state index in [2.05, 4.69) is 5.32 Å². The van der Waals surface area contributed by atoms with Crippen molar-refractivity contribution in [2.45, 2.75) is 6.92 Å². The monoisotopic (exact) mass is 438 g/mol. The van der Waals surface area contributed by atoms with Crippen LogP contribution in [0.4, 0.5) is 11.4 Å². The zero-order valence-corrected chi connectivity index (χ0v) is 17.5. The number of sulfonamides is 1. The van der Waals surface area contributed by atoms with Crippen LogP contribution in [0.1, 0.15) is 17.3 Å². The van der Waals surface area contributed by atoms with Crippen molar-refractivity contribution in [1.29, 1.82) is 0 Å². The fourth-order valence-electron chi connectivity index (χ4n) is 2.98.